The van der Waals surface area contributed by atoms with Crippen molar-refractivity contribution in [2.75, 3.05) is 0 Å². The van der Waals surface area contributed by atoms with Gasteiger partial charge >= 0.3 is 5.69 Å². The van der Waals surface area contributed by atoms with Crippen molar-refractivity contribution in [1.29, 1.82) is 0 Å². The molecule has 1 amide bonds. The summed E-state index contributed by atoms with van der Waals surface area (Å²) in [6.07, 6.45) is 1.32. The summed E-state index contributed by atoms with van der Waals surface area (Å²) < 4.78 is 1.18. The molecule has 0 radical (unpaired) electrons. The molecule has 1 unspecified atom stereocenters. The van der Waals surface area contributed by atoms with E-state index in [-0.39, 0.29) is 24.4 Å². The van der Waals surface area contributed by atoms with Gasteiger partial charge in [0.1, 0.15) is 6.54 Å². The number of carbonyl (C=O) groups excluding carboxylic acids is 1. The number of benzene rings is 1. The van der Waals surface area contributed by atoms with Crippen molar-refractivity contribution in [3.8, 4) is 0 Å². The van der Waals surface area contributed by atoms with E-state index in [0.717, 1.165) is 5.56 Å². The van der Waals surface area contributed by atoms with Crippen LogP contribution in [0.1, 0.15) is 50.8 Å². The SMILES string of the molecule is CC(C)c1ccc(C(NC(=O)Cn2ccc(=O)[nH]c2=O)C(C)C)cc1. The molecule has 0 saturated heterocycles. The second kappa shape index (κ2) is 7.96. The molecule has 25 heavy (non-hydrogen) atoms. The summed E-state index contributed by atoms with van der Waals surface area (Å²) in [5, 5.41) is 2.98. The Morgan fingerprint density at radius 3 is 2.16 bits per heavy atom. The van der Waals surface area contributed by atoms with E-state index in [2.05, 4.69) is 36.3 Å². The van der Waals surface area contributed by atoms with Crippen LogP contribution in [0, 0.1) is 5.92 Å². The Kier molecular flexibility index (Phi) is 5.96. The number of aromatic amines is 1. The van der Waals surface area contributed by atoms with Crippen LogP contribution >= 0.6 is 0 Å². The highest BCUT2D eigenvalue weighted by atomic mass is 16.2. The fourth-order valence-electron chi connectivity index (χ4n) is 2.67. The molecule has 1 aromatic carbocycles. The second-order valence-electron chi connectivity index (χ2n) is 6.85. The number of H-pyrrole nitrogens is 1. The Balaban J connectivity index is 2.14. The number of hydrogen-bond acceptors (Lipinski definition) is 3. The van der Waals surface area contributed by atoms with Gasteiger partial charge in [0.15, 0.2) is 0 Å². The molecule has 2 rings (SSSR count). The minimum Gasteiger partial charge on any atom is -0.347 e. The monoisotopic (exact) mass is 343 g/mol. The summed E-state index contributed by atoms with van der Waals surface area (Å²) in [6, 6.07) is 9.30. The molecule has 0 spiro atoms. The van der Waals surface area contributed by atoms with Crippen LogP contribution in [0.2, 0.25) is 0 Å². The summed E-state index contributed by atoms with van der Waals surface area (Å²) in [5.74, 6) is 0.371. The van der Waals surface area contributed by atoms with Gasteiger partial charge < -0.3 is 5.32 Å². The van der Waals surface area contributed by atoms with Crippen molar-refractivity contribution in [2.45, 2.75) is 46.2 Å². The highest BCUT2D eigenvalue weighted by molar-refractivity contribution is 5.76. The molecule has 0 aliphatic rings. The van der Waals surface area contributed by atoms with Crippen molar-refractivity contribution < 1.29 is 4.79 Å². The second-order valence-corrected chi connectivity index (χ2v) is 6.85. The summed E-state index contributed by atoms with van der Waals surface area (Å²) in [6.45, 7) is 8.21. The molecule has 1 aromatic heterocycles. The fourth-order valence-corrected chi connectivity index (χ4v) is 2.67. The molecule has 0 fully saturated rings. The zero-order valence-electron chi connectivity index (χ0n) is 15.1. The summed E-state index contributed by atoms with van der Waals surface area (Å²) in [7, 11) is 0. The Bertz CT molecular complexity index is 832. The van der Waals surface area contributed by atoms with Crippen LogP contribution in [0.3, 0.4) is 0 Å². The number of nitrogens with zero attached hydrogens (tertiary/aromatic N) is 1. The molecule has 0 aliphatic carbocycles. The van der Waals surface area contributed by atoms with E-state index in [1.54, 1.807) is 0 Å². The zero-order valence-corrected chi connectivity index (χ0v) is 15.1. The Morgan fingerprint density at radius 2 is 1.64 bits per heavy atom. The predicted octanol–water partition coefficient (Wildman–Crippen LogP) is 2.17. The Labute approximate surface area is 146 Å². The van der Waals surface area contributed by atoms with Crippen LogP contribution in [0.4, 0.5) is 0 Å². The van der Waals surface area contributed by atoms with E-state index in [4.69, 9.17) is 0 Å². The molecule has 6 heteroatoms. The van der Waals surface area contributed by atoms with E-state index in [9.17, 15) is 14.4 Å². The van der Waals surface area contributed by atoms with Crippen molar-refractivity contribution in [2.24, 2.45) is 5.92 Å². The quantitative estimate of drug-likeness (QED) is 0.843. The smallest absolute Gasteiger partial charge is 0.328 e. The molecule has 2 aromatic rings. The first-order valence-corrected chi connectivity index (χ1v) is 8.47. The molecule has 0 bridgehead atoms. The summed E-state index contributed by atoms with van der Waals surface area (Å²) >= 11 is 0. The van der Waals surface area contributed by atoms with Crippen LogP contribution in [-0.2, 0) is 11.3 Å². The first-order chi connectivity index (χ1) is 11.8. The van der Waals surface area contributed by atoms with Gasteiger partial charge in [-0.1, -0.05) is 52.0 Å². The first kappa shape index (κ1) is 18.7. The van der Waals surface area contributed by atoms with Crippen LogP contribution in [0.25, 0.3) is 0 Å². The van der Waals surface area contributed by atoms with Crippen molar-refractivity contribution in [1.82, 2.24) is 14.9 Å². The van der Waals surface area contributed by atoms with Crippen LogP contribution in [0.15, 0.2) is 46.1 Å². The van der Waals surface area contributed by atoms with Gasteiger partial charge in [-0.3, -0.25) is 19.1 Å². The molecule has 1 heterocycles. The zero-order chi connectivity index (χ0) is 18.6. The average molecular weight is 343 g/mol. The number of rotatable bonds is 6. The molecular weight excluding hydrogens is 318 g/mol. The average Bonchev–Trinajstić information content (AvgIpc) is 2.55. The third-order valence-corrected chi connectivity index (χ3v) is 4.16. The lowest BCUT2D eigenvalue weighted by molar-refractivity contribution is -0.122. The van der Waals surface area contributed by atoms with Crippen molar-refractivity contribution >= 4 is 5.91 Å². The van der Waals surface area contributed by atoms with Gasteiger partial charge in [-0.15, -0.1) is 0 Å². The number of hydrogen-bond donors (Lipinski definition) is 2. The number of carbonyl (C=O) groups is 1. The van der Waals surface area contributed by atoms with Gasteiger partial charge in [0, 0.05) is 12.3 Å². The van der Waals surface area contributed by atoms with Gasteiger partial charge in [0.2, 0.25) is 5.91 Å². The maximum absolute atomic E-state index is 12.4. The Morgan fingerprint density at radius 1 is 1.04 bits per heavy atom. The topological polar surface area (TPSA) is 84.0 Å². The lowest BCUT2D eigenvalue weighted by atomic mass is 9.93. The standard InChI is InChI=1S/C19H25N3O3/c1-12(2)14-5-7-15(8-6-14)18(13(3)4)20-17(24)11-22-10-9-16(23)21-19(22)25/h5-10,12-13,18H,11H2,1-4H3,(H,20,24)(H,21,23,25). The molecule has 0 saturated carbocycles. The van der Waals surface area contributed by atoms with E-state index in [1.807, 2.05) is 26.0 Å². The fraction of sp³-hybridized carbons (Fsp3) is 0.421. The van der Waals surface area contributed by atoms with Gasteiger partial charge in [0.05, 0.1) is 6.04 Å². The number of aromatic nitrogens is 2. The van der Waals surface area contributed by atoms with Crippen LogP contribution in [0.5, 0.6) is 0 Å². The molecule has 1 atom stereocenters. The third kappa shape index (κ3) is 4.92. The normalized spacial score (nSPS) is 12.4. The minimum absolute atomic E-state index is 0.136. The van der Waals surface area contributed by atoms with Crippen molar-refractivity contribution in [3.63, 3.8) is 0 Å². The van der Waals surface area contributed by atoms with E-state index in [0.29, 0.717) is 5.92 Å². The lowest BCUT2D eigenvalue weighted by Crippen LogP contribution is -2.38. The largest absolute Gasteiger partial charge is 0.347 e. The Hall–Kier alpha value is -2.63. The summed E-state index contributed by atoms with van der Waals surface area (Å²) in [4.78, 5) is 37.3. The van der Waals surface area contributed by atoms with E-state index in [1.165, 1.54) is 22.4 Å². The maximum atomic E-state index is 12.4. The third-order valence-electron chi connectivity index (χ3n) is 4.16. The first-order valence-electron chi connectivity index (χ1n) is 8.47. The van der Waals surface area contributed by atoms with Gasteiger partial charge in [-0.05, 0) is 23.0 Å². The van der Waals surface area contributed by atoms with E-state index >= 15 is 0 Å². The molecule has 0 aliphatic heterocycles. The van der Waals surface area contributed by atoms with Crippen molar-refractivity contribution in [3.05, 3.63) is 68.5 Å². The van der Waals surface area contributed by atoms with Crippen LogP contribution in [-0.4, -0.2) is 15.5 Å². The number of amides is 1. The van der Waals surface area contributed by atoms with Gasteiger partial charge in [-0.25, -0.2) is 4.79 Å². The highest BCUT2D eigenvalue weighted by Crippen LogP contribution is 2.24. The summed E-state index contributed by atoms with van der Waals surface area (Å²) in [5.41, 5.74) is 1.20. The van der Waals surface area contributed by atoms with E-state index < -0.39 is 11.2 Å². The lowest BCUT2D eigenvalue weighted by Gasteiger charge is -2.23. The maximum Gasteiger partial charge on any atom is 0.328 e. The van der Waals surface area contributed by atoms with Gasteiger partial charge in [-0.2, -0.15) is 0 Å². The molecule has 134 valence electrons. The van der Waals surface area contributed by atoms with Gasteiger partial charge in [0.25, 0.3) is 5.56 Å². The van der Waals surface area contributed by atoms with Crippen LogP contribution < -0.4 is 16.6 Å². The number of nitrogens with one attached hydrogen (secondary N) is 2. The molecule has 6 nitrogen and oxygen atoms in total. The highest BCUT2D eigenvalue weighted by Gasteiger charge is 2.19. The minimum atomic E-state index is -0.593. The molecular formula is C19H25N3O3. The predicted molar refractivity (Wildman–Crippen MR) is 97.6 cm³/mol. The molecule has 2 N–H and O–H groups in total.